The van der Waals surface area contributed by atoms with Gasteiger partial charge in [0.1, 0.15) is 5.75 Å². The number of hydrogen-bond donors (Lipinski definition) is 1. The number of ether oxygens (including phenoxy) is 1. The van der Waals surface area contributed by atoms with Gasteiger partial charge in [0.15, 0.2) is 0 Å². The molecule has 1 aliphatic heterocycles. The first kappa shape index (κ1) is 15.8. The highest BCUT2D eigenvalue weighted by Crippen LogP contribution is 2.45. The van der Waals surface area contributed by atoms with E-state index in [0.717, 1.165) is 12.3 Å². The fourth-order valence-electron chi connectivity index (χ4n) is 4.20. The van der Waals surface area contributed by atoms with Crippen LogP contribution in [0.25, 0.3) is 0 Å². The fourth-order valence-corrected chi connectivity index (χ4v) is 4.20. The lowest BCUT2D eigenvalue weighted by molar-refractivity contribution is -0.0579. The van der Waals surface area contributed by atoms with E-state index in [1.807, 2.05) is 0 Å². The molecule has 1 heterocycles. The molecule has 122 valence electrons. The Morgan fingerprint density at radius 2 is 1.91 bits per heavy atom. The van der Waals surface area contributed by atoms with Crippen LogP contribution in [-0.2, 0) is 0 Å². The third-order valence-electron chi connectivity index (χ3n) is 5.99. The van der Waals surface area contributed by atoms with Crippen molar-refractivity contribution in [1.82, 2.24) is 4.90 Å². The molecule has 1 saturated heterocycles. The standard InChI is InChI=1S/C19H29NO2/c1-15(17-3-5-18(22-2)6-4-17)13-20-12-11-19(20)9-7-16(14-21)8-10-19/h3-6,15-16,21H,7-14H2,1-2H3. The van der Waals surface area contributed by atoms with E-state index in [4.69, 9.17) is 4.74 Å². The number of rotatable bonds is 5. The van der Waals surface area contributed by atoms with E-state index in [0.29, 0.717) is 24.0 Å². The zero-order chi connectivity index (χ0) is 15.6. The second kappa shape index (κ2) is 6.59. The molecule has 1 aromatic carbocycles. The SMILES string of the molecule is COc1ccc(C(C)CN2CCC23CCC(CO)CC3)cc1. The maximum absolute atomic E-state index is 9.33. The van der Waals surface area contributed by atoms with Gasteiger partial charge < -0.3 is 9.84 Å². The largest absolute Gasteiger partial charge is 0.497 e. The van der Waals surface area contributed by atoms with Gasteiger partial charge in [-0.25, -0.2) is 0 Å². The molecule has 2 fully saturated rings. The normalized spacial score (nSPS) is 30.0. The van der Waals surface area contributed by atoms with Gasteiger partial charge in [0.05, 0.1) is 7.11 Å². The van der Waals surface area contributed by atoms with Crippen LogP contribution in [0.5, 0.6) is 5.75 Å². The second-order valence-corrected chi connectivity index (χ2v) is 7.22. The Morgan fingerprint density at radius 1 is 1.23 bits per heavy atom. The number of aliphatic hydroxyl groups excluding tert-OH is 1. The molecule has 22 heavy (non-hydrogen) atoms. The van der Waals surface area contributed by atoms with Gasteiger partial charge in [0.2, 0.25) is 0 Å². The molecule has 3 nitrogen and oxygen atoms in total. The lowest BCUT2D eigenvalue weighted by Gasteiger charge is -2.57. The van der Waals surface area contributed by atoms with Crippen LogP contribution in [0, 0.1) is 5.92 Å². The van der Waals surface area contributed by atoms with Crippen molar-refractivity contribution < 1.29 is 9.84 Å². The van der Waals surface area contributed by atoms with Crippen molar-refractivity contribution >= 4 is 0 Å². The Bertz CT molecular complexity index is 477. The van der Waals surface area contributed by atoms with E-state index in [-0.39, 0.29) is 0 Å². The Kier molecular flexibility index (Phi) is 4.74. The fraction of sp³-hybridized carbons (Fsp3) is 0.684. The number of hydrogen-bond acceptors (Lipinski definition) is 3. The maximum atomic E-state index is 9.33. The van der Waals surface area contributed by atoms with Gasteiger partial charge in [-0.15, -0.1) is 0 Å². The molecule has 0 aromatic heterocycles. The first-order valence-corrected chi connectivity index (χ1v) is 8.67. The van der Waals surface area contributed by atoms with E-state index < -0.39 is 0 Å². The molecule has 1 spiro atoms. The zero-order valence-corrected chi connectivity index (χ0v) is 13.9. The summed E-state index contributed by atoms with van der Waals surface area (Å²) in [5, 5.41) is 9.33. The highest BCUT2D eigenvalue weighted by molar-refractivity contribution is 5.29. The smallest absolute Gasteiger partial charge is 0.118 e. The average molecular weight is 303 g/mol. The lowest BCUT2D eigenvalue weighted by atomic mass is 9.69. The van der Waals surface area contributed by atoms with Crippen LogP contribution in [0.1, 0.15) is 50.5 Å². The van der Waals surface area contributed by atoms with E-state index >= 15 is 0 Å². The van der Waals surface area contributed by atoms with E-state index in [1.54, 1.807) is 7.11 Å². The highest BCUT2D eigenvalue weighted by Gasteiger charge is 2.46. The van der Waals surface area contributed by atoms with Crippen LogP contribution >= 0.6 is 0 Å². The molecule has 1 N–H and O–H groups in total. The van der Waals surface area contributed by atoms with E-state index in [9.17, 15) is 5.11 Å². The Labute approximate surface area is 134 Å². The quantitative estimate of drug-likeness (QED) is 0.904. The Balaban J connectivity index is 1.58. The zero-order valence-electron chi connectivity index (χ0n) is 13.9. The summed E-state index contributed by atoms with van der Waals surface area (Å²) in [6.45, 7) is 5.09. The molecule has 1 aliphatic carbocycles. The van der Waals surface area contributed by atoms with Gasteiger partial charge in [0.25, 0.3) is 0 Å². The molecule has 2 aliphatic rings. The summed E-state index contributed by atoms with van der Waals surface area (Å²) >= 11 is 0. The van der Waals surface area contributed by atoms with Crippen LogP contribution < -0.4 is 4.74 Å². The van der Waals surface area contributed by atoms with Crippen molar-refractivity contribution in [2.24, 2.45) is 5.92 Å². The summed E-state index contributed by atoms with van der Waals surface area (Å²) in [5.74, 6) is 2.03. The minimum Gasteiger partial charge on any atom is -0.497 e. The Hall–Kier alpha value is -1.06. The molecule has 1 aromatic rings. The number of methoxy groups -OCH3 is 1. The minimum atomic E-state index is 0.373. The van der Waals surface area contributed by atoms with E-state index in [1.165, 1.54) is 44.2 Å². The summed E-state index contributed by atoms with van der Waals surface area (Å²) in [4.78, 5) is 2.70. The van der Waals surface area contributed by atoms with Gasteiger partial charge in [0, 0.05) is 25.2 Å². The summed E-state index contributed by atoms with van der Waals surface area (Å²) in [6.07, 6.45) is 6.29. The third kappa shape index (κ3) is 3.02. The summed E-state index contributed by atoms with van der Waals surface area (Å²) in [5.41, 5.74) is 1.85. The molecule has 0 radical (unpaired) electrons. The van der Waals surface area contributed by atoms with E-state index in [2.05, 4.69) is 36.1 Å². The first-order valence-electron chi connectivity index (χ1n) is 8.67. The number of benzene rings is 1. The van der Waals surface area contributed by atoms with Gasteiger partial charge in [-0.2, -0.15) is 0 Å². The van der Waals surface area contributed by atoms with Crippen LogP contribution in [0.3, 0.4) is 0 Å². The van der Waals surface area contributed by atoms with Gasteiger partial charge in [-0.05, 0) is 61.6 Å². The maximum Gasteiger partial charge on any atom is 0.118 e. The molecule has 3 heteroatoms. The molecule has 1 atom stereocenters. The van der Waals surface area contributed by atoms with Crippen molar-refractivity contribution in [3.63, 3.8) is 0 Å². The number of aliphatic hydroxyl groups is 1. The molecule has 1 saturated carbocycles. The minimum absolute atomic E-state index is 0.373. The molecule has 0 bridgehead atoms. The highest BCUT2D eigenvalue weighted by atomic mass is 16.5. The van der Waals surface area contributed by atoms with Crippen LogP contribution in [0.15, 0.2) is 24.3 Å². The van der Waals surface area contributed by atoms with Crippen molar-refractivity contribution in [1.29, 1.82) is 0 Å². The number of nitrogens with zero attached hydrogens (tertiary/aromatic N) is 1. The molecule has 3 rings (SSSR count). The van der Waals surface area contributed by atoms with Crippen LogP contribution in [0.4, 0.5) is 0 Å². The average Bonchev–Trinajstić information content (AvgIpc) is 2.58. The van der Waals surface area contributed by atoms with Crippen LogP contribution in [-0.4, -0.2) is 42.4 Å². The summed E-state index contributed by atoms with van der Waals surface area (Å²) in [6, 6.07) is 8.51. The number of likely N-dealkylation sites (tertiary alicyclic amines) is 1. The summed E-state index contributed by atoms with van der Waals surface area (Å²) in [7, 11) is 1.71. The lowest BCUT2D eigenvalue weighted by Crippen LogP contribution is -2.62. The molecule has 1 unspecified atom stereocenters. The van der Waals surface area contributed by atoms with Gasteiger partial charge >= 0.3 is 0 Å². The third-order valence-corrected chi connectivity index (χ3v) is 5.99. The molecular formula is C19H29NO2. The van der Waals surface area contributed by atoms with Gasteiger partial charge in [-0.3, -0.25) is 4.90 Å². The first-order chi connectivity index (χ1) is 10.7. The molecule has 0 amide bonds. The van der Waals surface area contributed by atoms with Crippen molar-refractivity contribution in [2.45, 2.75) is 50.5 Å². The van der Waals surface area contributed by atoms with Crippen molar-refractivity contribution in [3.05, 3.63) is 29.8 Å². The molecular weight excluding hydrogens is 274 g/mol. The Morgan fingerprint density at radius 3 is 2.41 bits per heavy atom. The predicted octanol–water partition coefficient (Wildman–Crippen LogP) is 3.43. The monoisotopic (exact) mass is 303 g/mol. The second-order valence-electron chi connectivity index (χ2n) is 7.22. The van der Waals surface area contributed by atoms with Gasteiger partial charge in [-0.1, -0.05) is 19.1 Å². The van der Waals surface area contributed by atoms with Crippen molar-refractivity contribution in [3.8, 4) is 5.75 Å². The summed E-state index contributed by atoms with van der Waals surface area (Å²) < 4.78 is 5.24. The topological polar surface area (TPSA) is 32.7 Å². The van der Waals surface area contributed by atoms with Crippen LogP contribution in [0.2, 0.25) is 0 Å². The van der Waals surface area contributed by atoms with Crippen molar-refractivity contribution in [2.75, 3.05) is 26.8 Å². The predicted molar refractivity (Wildman–Crippen MR) is 89.4 cm³/mol.